The summed E-state index contributed by atoms with van der Waals surface area (Å²) in [5.41, 5.74) is 2.40. The third-order valence-electron chi connectivity index (χ3n) is 3.33. The average molecular weight is 347 g/mol. The van der Waals surface area contributed by atoms with E-state index in [1.54, 1.807) is 48.7 Å². The molecule has 0 aliphatic heterocycles. The molecule has 0 fully saturated rings. The molecule has 7 heteroatoms. The van der Waals surface area contributed by atoms with Crippen molar-refractivity contribution in [3.05, 3.63) is 70.2 Å². The summed E-state index contributed by atoms with van der Waals surface area (Å²) in [6.07, 6.45) is 1.60. The van der Waals surface area contributed by atoms with E-state index in [2.05, 4.69) is 32.6 Å². The summed E-state index contributed by atoms with van der Waals surface area (Å²) in [7, 11) is 0. The molecule has 25 heavy (non-hydrogen) atoms. The van der Waals surface area contributed by atoms with Crippen LogP contribution in [-0.2, 0) is 0 Å². The first-order valence-electron chi connectivity index (χ1n) is 7.25. The minimum absolute atomic E-state index is 0.296. The standard InChI is InChI=1S/C18H11ClN6/c19-14-2-1-3-15(8-14)23-18-16(10-21)17(24-25-18)22-11-13-6-4-12(9-20)5-7-13/h1-8,11H,(H2,23,24,25)/b22-11+. The number of nitrogens with zero attached hydrogens (tertiary/aromatic N) is 4. The molecule has 0 saturated carbocycles. The lowest BCUT2D eigenvalue weighted by molar-refractivity contribution is 1.09. The van der Waals surface area contributed by atoms with Crippen LogP contribution in [0.4, 0.5) is 17.3 Å². The molecule has 3 rings (SSSR count). The summed E-state index contributed by atoms with van der Waals surface area (Å²) in [6.45, 7) is 0. The minimum Gasteiger partial charge on any atom is -0.338 e. The molecule has 0 saturated heterocycles. The quantitative estimate of drug-likeness (QED) is 0.687. The van der Waals surface area contributed by atoms with Gasteiger partial charge in [-0.25, -0.2) is 4.99 Å². The fourth-order valence-corrected chi connectivity index (χ4v) is 2.30. The van der Waals surface area contributed by atoms with Crippen molar-refractivity contribution in [2.45, 2.75) is 0 Å². The highest BCUT2D eigenvalue weighted by atomic mass is 35.5. The average Bonchev–Trinajstić information content (AvgIpc) is 3.02. The van der Waals surface area contributed by atoms with E-state index in [0.29, 0.717) is 27.8 Å². The zero-order valence-corrected chi connectivity index (χ0v) is 13.6. The molecule has 0 unspecified atom stereocenters. The Morgan fingerprint density at radius 2 is 1.92 bits per heavy atom. The Labute approximate surface area is 149 Å². The highest BCUT2D eigenvalue weighted by molar-refractivity contribution is 6.30. The van der Waals surface area contributed by atoms with Crippen LogP contribution in [0.1, 0.15) is 16.7 Å². The van der Waals surface area contributed by atoms with Crippen molar-refractivity contribution in [3.8, 4) is 12.1 Å². The maximum absolute atomic E-state index is 9.40. The smallest absolute Gasteiger partial charge is 0.172 e. The molecule has 6 nitrogen and oxygen atoms in total. The highest BCUT2D eigenvalue weighted by Gasteiger charge is 2.12. The number of rotatable bonds is 4. The summed E-state index contributed by atoms with van der Waals surface area (Å²) in [5, 5.41) is 28.6. The molecule has 0 atom stereocenters. The predicted octanol–water partition coefficient (Wildman–Crippen LogP) is 4.30. The van der Waals surface area contributed by atoms with Gasteiger partial charge in [-0.2, -0.15) is 15.6 Å². The third kappa shape index (κ3) is 3.84. The molecule has 0 spiro atoms. The van der Waals surface area contributed by atoms with Crippen LogP contribution in [0.5, 0.6) is 0 Å². The van der Waals surface area contributed by atoms with Gasteiger partial charge < -0.3 is 5.32 Å². The molecular formula is C18H11ClN6. The topological polar surface area (TPSA) is 101 Å². The number of H-pyrrole nitrogens is 1. The maximum atomic E-state index is 9.40. The lowest BCUT2D eigenvalue weighted by Gasteiger charge is -2.03. The van der Waals surface area contributed by atoms with Crippen LogP contribution < -0.4 is 5.32 Å². The summed E-state index contributed by atoms with van der Waals surface area (Å²) in [4.78, 5) is 4.27. The predicted molar refractivity (Wildman–Crippen MR) is 96.4 cm³/mol. The fraction of sp³-hybridized carbons (Fsp3) is 0. The van der Waals surface area contributed by atoms with E-state index in [-0.39, 0.29) is 0 Å². The number of hydrogen-bond donors (Lipinski definition) is 2. The molecule has 3 aromatic rings. The van der Waals surface area contributed by atoms with E-state index < -0.39 is 0 Å². The van der Waals surface area contributed by atoms with Crippen LogP contribution in [0.2, 0.25) is 5.02 Å². The van der Waals surface area contributed by atoms with E-state index in [1.807, 2.05) is 6.07 Å². The second-order valence-corrected chi connectivity index (χ2v) is 5.47. The van der Waals surface area contributed by atoms with Gasteiger partial charge in [0.2, 0.25) is 0 Å². The zero-order chi connectivity index (χ0) is 17.6. The highest BCUT2D eigenvalue weighted by Crippen LogP contribution is 2.26. The number of hydrogen-bond acceptors (Lipinski definition) is 5. The Morgan fingerprint density at radius 3 is 2.60 bits per heavy atom. The van der Waals surface area contributed by atoms with E-state index in [0.717, 1.165) is 11.3 Å². The first kappa shape index (κ1) is 16.3. The molecule has 2 aromatic carbocycles. The summed E-state index contributed by atoms with van der Waals surface area (Å²) < 4.78 is 0. The number of aromatic amines is 1. The van der Waals surface area contributed by atoms with Gasteiger partial charge in [0.1, 0.15) is 11.6 Å². The number of aliphatic imine (C=N–C) groups is 1. The molecule has 1 heterocycles. The largest absolute Gasteiger partial charge is 0.338 e. The van der Waals surface area contributed by atoms with Crippen molar-refractivity contribution in [3.63, 3.8) is 0 Å². The Bertz CT molecular complexity index is 1010. The second-order valence-electron chi connectivity index (χ2n) is 5.03. The molecular weight excluding hydrogens is 336 g/mol. The summed E-state index contributed by atoms with van der Waals surface area (Å²) >= 11 is 5.95. The molecule has 0 aliphatic carbocycles. The second kappa shape index (κ2) is 7.31. The van der Waals surface area contributed by atoms with Gasteiger partial charge in [0, 0.05) is 16.9 Å². The van der Waals surface area contributed by atoms with Crippen molar-refractivity contribution in [1.82, 2.24) is 10.2 Å². The molecule has 0 amide bonds. The number of benzene rings is 2. The Kier molecular flexibility index (Phi) is 4.75. The number of aromatic nitrogens is 2. The summed E-state index contributed by atoms with van der Waals surface area (Å²) in [6, 6.07) is 18.2. The Morgan fingerprint density at radius 1 is 1.12 bits per heavy atom. The van der Waals surface area contributed by atoms with Crippen LogP contribution in [0.25, 0.3) is 0 Å². The van der Waals surface area contributed by atoms with E-state index >= 15 is 0 Å². The zero-order valence-electron chi connectivity index (χ0n) is 12.9. The lowest BCUT2D eigenvalue weighted by atomic mass is 10.2. The first-order chi connectivity index (χ1) is 12.2. The van der Waals surface area contributed by atoms with Crippen molar-refractivity contribution in [1.29, 1.82) is 10.5 Å². The van der Waals surface area contributed by atoms with Crippen LogP contribution in [-0.4, -0.2) is 16.4 Å². The molecule has 0 radical (unpaired) electrons. The van der Waals surface area contributed by atoms with Gasteiger partial charge in [0.05, 0.1) is 11.6 Å². The van der Waals surface area contributed by atoms with Gasteiger partial charge in [-0.15, -0.1) is 0 Å². The fourth-order valence-electron chi connectivity index (χ4n) is 2.11. The first-order valence-corrected chi connectivity index (χ1v) is 7.62. The monoisotopic (exact) mass is 346 g/mol. The van der Waals surface area contributed by atoms with Crippen molar-refractivity contribution in [2.75, 3.05) is 5.32 Å². The SMILES string of the molecule is N#Cc1ccc(/C=N/c2[nH]nc(Nc3cccc(Cl)c3)c2C#N)cc1. The number of anilines is 2. The van der Waals surface area contributed by atoms with E-state index in [9.17, 15) is 5.26 Å². The molecule has 120 valence electrons. The van der Waals surface area contributed by atoms with Gasteiger partial charge >= 0.3 is 0 Å². The van der Waals surface area contributed by atoms with Gasteiger partial charge in [-0.1, -0.05) is 29.8 Å². The van der Waals surface area contributed by atoms with Crippen molar-refractivity contribution >= 4 is 35.1 Å². The van der Waals surface area contributed by atoms with Crippen molar-refractivity contribution < 1.29 is 0 Å². The lowest BCUT2D eigenvalue weighted by Crippen LogP contribution is -1.92. The summed E-state index contributed by atoms with van der Waals surface area (Å²) in [5.74, 6) is 0.716. The number of nitriles is 2. The minimum atomic E-state index is 0.296. The van der Waals surface area contributed by atoms with Gasteiger partial charge in [0.25, 0.3) is 0 Å². The normalized spacial score (nSPS) is 10.4. The molecule has 1 aromatic heterocycles. The maximum Gasteiger partial charge on any atom is 0.172 e. The molecule has 0 bridgehead atoms. The molecule has 0 aliphatic rings. The van der Waals surface area contributed by atoms with Crippen molar-refractivity contribution in [2.24, 2.45) is 4.99 Å². The third-order valence-corrected chi connectivity index (χ3v) is 3.56. The van der Waals surface area contributed by atoms with E-state index in [1.165, 1.54) is 0 Å². The van der Waals surface area contributed by atoms with Crippen LogP contribution in [0, 0.1) is 22.7 Å². The van der Waals surface area contributed by atoms with Gasteiger partial charge in [-0.3, -0.25) is 5.10 Å². The van der Waals surface area contributed by atoms with Crippen LogP contribution in [0.3, 0.4) is 0 Å². The van der Waals surface area contributed by atoms with Gasteiger partial charge in [-0.05, 0) is 35.9 Å². The van der Waals surface area contributed by atoms with E-state index in [4.69, 9.17) is 16.9 Å². The van der Waals surface area contributed by atoms with Gasteiger partial charge in [0.15, 0.2) is 11.6 Å². The number of halogens is 1. The Balaban J connectivity index is 1.83. The van der Waals surface area contributed by atoms with Crippen LogP contribution >= 0.6 is 11.6 Å². The molecule has 2 N–H and O–H groups in total. The number of nitrogens with one attached hydrogen (secondary N) is 2. The van der Waals surface area contributed by atoms with Crippen LogP contribution in [0.15, 0.2) is 53.5 Å². The Hall–Kier alpha value is -3.61.